The lowest BCUT2D eigenvalue weighted by Crippen LogP contribution is -1.89. The van der Waals surface area contributed by atoms with E-state index < -0.39 is 5.82 Å². The van der Waals surface area contributed by atoms with Crippen LogP contribution in [0.4, 0.5) is 10.1 Å². The Balaban J connectivity index is 1.92. The Bertz CT molecular complexity index is 909. The lowest BCUT2D eigenvalue weighted by Gasteiger charge is -2.01. The summed E-state index contributed by atoms with van der Waals surface area (Å²) in [6, 6.07) is 15.7. The molecule has 0 spiro atoms. The third kappa shape index (κ3) is 3.14. The molecule has 1 aromatic heterocycles. The van der Waals surface area contributed by atoms with Crippen LogP contribution in [-0.2, 0) is 0 Å². The molecule has 6 heteroatoms. The van der Waals surface area contributed by atoms with Crippen LogP contribution in [0.25, 0.3) is 17.3 Å². The maximum Gasteiger partial charge on any atom is 0.179 e. The number of benzene rings is 2. The Hall–Kier alpha value is -3.10. The maximum absolute atomic E-state index is 14.0. The monoisotopic (exact) mass is 339 g/mol. The molecular formula is C18H11ClFN3O. The standard InChI is InChI=1S/C18H11ClFN3O/c19-14-7-4-8-15(20)17(14)18-13(11-21)16(24-23-18)9-10-22-12-5-2-1-3-6-12/h1-10,22H. The molecule has 24 heavy (non-hydrogen) atoms. The van der Waals surface area contributed by atoms with Crippen molar-refractivity contribution < 1.29 is 8.91 Å². The molecule has 0 saturated heterocycles. The molecule has 0 aliphatic carbocycles. The lowest BCUT2D eigenvalue weighted by molar-refractivity contribution is 0.414. The second kappa shape index (κ2) is 6.99. The minimum absolute atomic E-state index is 0.0511. The fourth-order valence-corrected chi connectivity index (χ4v) is 2.42. The predicted molar refractivity (Wildman–Crippen MR) is 90.7 cm³/mol. The highest BCUT2D eigenvalue weighted by Gasteiger charge is 2.21. The summed E-state index contributed by atoms with van der Waals surface area (Å²) in [5, 5.41) is 16.4. The van der Waals surface area contributed by atoms with E-state index in [-0.39, 0.29) is 27.6 Å². The summed E-state index contributed by atoms with van der Waals surface area (Å²) >= 11 is 6.03. The fourth-order valence-electron chi connectivity index (χ4n) is 2.17. The van der Waals surface area contributed by atoms with Gasteiger partial charge in [0.25, 0.3) is 0 Å². The van der Waals surface area contributed by atoms with Crippen molar-refractivity contribution in [2.75, 3.05) is 5.32 Å². The van der Waals surface area contributed by atoms with Gasteiger partial charge in [-0.25, -0.2) is 4.39 Å². The molecule has 0 amide bonds. The molecule has 0 aliphatic heterocycles. The molecule has 2 aromatic carbocycles. The van der Waals surface area contributed by atoms with Gasteiger partial charge in [-0.15, -0.1) is 0 Å². The molecular weight excluding hydrogens is 329 g/mol. The highest BCUT2D eigenvalue weighted by molar-refractivity contribution is 6.33. The van der Waals surface area contributed by atoms with Gasteiger partial charge in [-0.2, -0.15) is 5.26 Å². The van der Waals surface area contributed by atoms with Crippen LogP contribution in [-0.4, -0.2) is 5.16 Å². The average Bonchev–Trinajstić information content (AvgIpc) is 2.98. The molecule has 0 bridgehead atoms. The van der Waals surface area contributed by atoms with E-state index >= 15 is 0 Å². The molecule has 0 aliphatic rings. The van der Waals surface area contributed by atoms with Crippen molar-refractivity contribution in [2.24, 2.45) is 0 Å². The predicted octanol–water partition coefficient (Wildman–Crippen LogP) is 5.09. The second-order valence-electron chi connectivity index (χ2n) is 4.82. The molecule has 1 heterocycles. The van der Waals surface area contributed by atoms with Crippen LogP contribution in [0.2, 0.25) is 5.02 Å². The van der Waals surface area contributed by atoms with Crippen LogP contribution in [0.5, 0.6) is 0 Å². The lowest BCUT2D eigenvalue weighted by atomic mass is 10.1. The summed E-state index contributed by atoms with van der Waals surface area (Å²) in [5.74, 6) is -0.347. The van der Waals surface area contributed by atoms with Gasteiger partial charge >= 0.3 is 0 Å². The van der Waals surface area contributed by atoms with Crippen molar-refractivity contribution in [1.82, 2.24) is 5.16 Å². The normalized spacial score (nSPS) is 10.7. The van der Waals surface area contributed by atoms with E-state index in [1.807, 2.05) is 36.4 Å². The van der Waals surface area contributed by atoms with E-state index in [1.165, 1.54) is 18.2 Å². The summed E-state index contributed by atoms with van der Waals surface area (Å²) in [7, 11) is 0. The van der Waals surface area contributed by atoms with E-state index in [0.717, 1.165) is 5.69 Å². The van der Waals surface area contributed by atoms with E-state index in [2.05, 4.69) is 10.5 Å². The van der Waals surface area contributed by atoms with E-state index in [9.17, 15) is 9.65 Å². The molecule has 0 radical (unpaired) electrons. The quantitative estimate of drug-likeness (QED) is 0.719. The highest BCUT2D eigenvalue weighted by atomic mass is 35.5. The number of nitrogens with zero attached hydrogens (tertiary/aromatic N) is 2. The highest BCUT2D eigenvalue weighted by Crippen LogP contribution is 2.33. The molecule has 0 fully saturated rings. The Morgan fingerprint density at radius 2 is 1.96 bits per heavy atom. The first-order chi connectivity index (χ1) is 11.7. The molecule has 0 atom stereocenters. The number of halogens is 2. The third-order valence-electron chi connectivity index (χ3n) is 3.29. The number of hydrogen-bond acceptors (Lipinski definition) is 4. The van der Waals surface area contributed by atoms with Gasteiger partial charge in [-0.05, 0) is 24.3 Å². The van der Waals surface area contributed by atoms with E-state index in [4.69, 9.17) is 16.1 Å². The first kappa shape index (κ1) is 15.8. The van der Waals surface area contributed by atoms with E-state index in [1.54, 1.807) is 12.3 Å². The number of anilines is 1. The number of nitrogens with one attached hydrogen (secondary N) is 1. The summed E-state index contributed by atoms with van der Waals surface area (Å²) < 4.78 is 19.2. The van der Waals surface area contributed by atoms with Crippen LogP contribution in [0.3, 0.4) is 0 Å². The van der Waals surface area contributed by atoms with Crippen molar-refractivity contribution in [3.8, 4) is 17.3 Å². The van der Waals surface area contributed by atoms with Gasteiger partial charge < -0.3 is 9.84 Å². The number of nitriles is 1. The number of para-hydroxylation sites is 1. The zero-order chi connectivity index (χ0) is 16.9. The van der Waals surface area contributed by atoms with Crippen LogP contribution in [0, 0.1) is 17.1 Å². The zero-order valence-corrected chi connectivity index (χ0v) is 13.1. The molecule has 3 aromatic rings. The Morgan fingerprint density at radius 1 is 1.17 bits per heavy atom. The van der Waals surface area contributed by atoms with Crippen molar-refractivity contribution in [2.45, 2.75) is 0 Å². The summed E-state index contributed by atoms with van der Waals surface area (Å²) in [5.41, 5.74) is 1.13. The van der Waals surface area contributed by atoms with Crippen LogP contribution < -0.4 is 5.32 Å². The van der Waals surface area contributed by atoms with Crippen LogP contribution >= 0.6 is 11.6 Å². The van der Waals surface area contributed by atoms with Gasteiger partial charge in [0.1, 0.15) is 23.1 Å². The number of aromatic nitrogens is 1. The maximum atomic E-state index is 14.0. The molecule has 118 valence electrons. The van der Waals surface area contributed by atoms with Crippen LogP contribution in [0.15, 0.2) is 59.3 Å². The third-order valence-corrected chi connectivity index (χ3v) is 3.60. The first-order valence-corrected chi connectivity index (χ1v) is 7.41. The average molecular weight is 340 g/mol. The topological polar surface area (TPSA) is 61.9 Å². The van der Waals surface area contributed by atoms with Gasteiger partial charge in [-0.1, -0.05) is 41.0 Å². The van der Waals surface area contributed by atoms with Gasteiger partial charge in [-0.3, -0.25) is 0 Å². The largest absolute Gasteiger partial charge is 0.362 e. The minimum Gasteiger partial charge on any atom is -0.362 e. The van der Waals surface area contributed by atoms with Gasteiger partial charge in [0.15, 0.2) is 5.76 Å². The molecule has 1 N–H and O–H groups in total. The Labute approximate surface area is 142 Å². The fraction of sp³-hybridized carbons (Fsp3) is 0. The molecule has 3 rings (SSSR count). The molecule has 0 saturated carbocycles. The van der Waals surface area contributed by atoms with E-state index in [0.29, 0.717) is 0 Å². The molecule has 4 nitrogen and oxygen atoms in total. The summed E-state index contributed by atoms with van der Waals surface area (Å²) in [4.78, 5) is 0. The van der Waals surface area contributed by atoms with Gasteiger partial charge in [0.05, 0.1) is 10.6 Å². The van der Waals surface area contributed by atoms with Crippen molar-refractivity contribution >= 4 is 23.4 Å². The Kier molecular flexibility index (Phi) is 4.59. The summed E-state index contributed by atoms with van der Waals surface area (Å²) in [6.45, 7) is 0. The van der Waals surface area contributed by atoms with Crippen LogP contribution in [0.1, 0.15) is 11.3 Å². The first-order valence-electron chi connectivity index (χ1n) is 7.03. The molecule has 0 unspecified atom stereocenters. The van der Waals surface area contributed by atoms with Gasteiger partial charge in [0.2, 0.25) is 0 Å². The second-order valence-corrected chi connectivity index (χ2v) is 5.23. The minimum atomic E-state index is -0.565. The SMILES string of the molecule is N#Cc1c(-c2c(F)cccc2Cl)noc1C=CNc1ccccc1. The number of hydrogen-bond donors (Lipinski definition) is 1. The van der Waals surface area contributed by atoms with Gasteiger partial charge in [0, 0.05) is 18.0 Å². The van der Waals surface area contributed by atoms with Crippen molar-refractivity contribution in [3.63, 3.8) is 0 Å². The zero-order valence-electron chi connectivity index (χ0n) is 12.3. The summed E-state index contributed by atoms with van der Waals surface area (Å²) in [6.07, 6.45) is 3.17. The van der Waals surface area contributed by atoms with Crippen molar-refractivity contribution in [1.29, 1.82) is 5.26 Å². The number of rotatable bonds is 4. The smallest absolute Gasteiger partial charge is 0.179 e. The van der Waals surface area contributed by atoms with Crippen molar-refractivity contribution in [3.05, 3.63) is 76.9 Å². The Morgan fingerprint density at radius 3 is 2.67 bits per heavy atom.